The van der Waals surface area contributed by atoms with Crippen molar-refractivity contribution >= 4 is 17.6 Å². The Kier molecular flexibility index (Phi) is 2.88. The number of nitrogens with one attached hydrogen (secondary N) is 1. The summed E-state index contributed by atoms with van der Waals surface area (Å²) in [4.78, 5) is 23.2. The Morgan fingerprint density at radius 2 is 2.06 bits per heavy atom. The van der Waals surface area contributed by atoms with Gasteiger partial charge >= 0.3 is 5.97 Å². The molecule has 1 amide bonds. The number of carbonyl (C=O) groups is 2. The normalized spacial score (nSPS) is 26.3. The third kappa shape index (κ3) is 1.90. The summed E-state index contributed by atoms with van der Waals surface area (Å²) in [5.74, 6) is -1.45. The number of hydrogen-bond acceptors (Lipinski definition) is 2. The largest absolute Gasteiger partial charge is 0.480 e. The fourth-order valence-corrected chi connectivity index (χ4v) is 2.22. The summed E-state index contributed by atoms with van der Waals surface area (Å²) >= 11 is 0. The fourth-order valence-electron chi connectivity index (χ4n) is 2.22. The molecule has 1 saturated carbocycles. The van der Waals surface area contributed by atoms with Gasteiger partial charge in [-0.05, 0) is 24.5 Å². The van der Waals surface area contributed by atoms with Gasteiger partial charge in [0, 0.05) is 5.69 Å². The van der Waals surface area contributed by atoms with E-state index in [-0.39, 0.29) is 5.92 Å². The molecule has 1 aromatic rings. The lowest BCUT2D eigenvalue weighted by Crippen LogP contribution is -2.33. The van der Waals surface area contributed by atoms with Gasteiger partial charge in [0.05, 0.1) is 0 Å². The summed E-state index contributed by atoms with van der Waals surface area (Å²) in [6.07, 6.45) is 1.16. The lowest BCUT2D eigenvalue weighted by molar-refractivity contribution is -0.148. The SMILES string of the molecule is CCC1CC1(C(=O)O)C(=O)Nc1ccccc1. The second-order valence-corrected chi connectivity index (χ2v) is 4.41. The van der Waals surface area contributed by atoms with Gasteiger partial charge in [-0.15, -0.1) is 0 Å². The van der Waals surface area contributed by atoms with Crippen molar-refractivity contribution in [2.45, 2.75) is 19.8 Å². The molecule has 0 saturated heterocycles. The molecule has 0 aromatic heterocycles. The van der Waals surface area contributed by atoms with Crippen molar-refractivity contribution in [2.24, 2.45) is 11.3 Å². The molecule has 2 rings (SSSR count). The summed E-state index contributed by atoms with van der Waals surface area (Å²) < 4.78 is 0. The molecule has 0 heterocycles. The Hall–Kier alpha value is -1.84. The summed E-state index contributed by atoms with van der Waals surface area (Å²) in [6.45, 7) is 1.91. The second-order valence-electron chi connectivity index (χ2n) is 4.41. The standard InChI is InChI=1S/C13H15NO3/c1-2-9-8-13(9,12(16)17)11(15)14-10-6-4-3-5-7-10/h3-7,9H,2,8H2,1H3,(H,14,15)(H,16,17). The van der Waals surface area contributed by atoms with Crippen LogP contribution in [0, 0.1) is 11.3 Å². The number of anilines is 1. The van der Waals surface area contributed by atoms with Crippen LogP contribution in [-0.2, 0) is 9.59 Å². The minimum Gasteiger partial charge on any atom is -0.480 e. The topological polar surface area (TPSA) is 66.4 Å². The molecule has 90 valence electrons. The van der Waals surface area contributed by atoms with Crippen molar-refractivity contribution in [3.8, 4) is 0 Å². The highest BCUT2D eigenvalue weighted by Gasteiger charge is 2.65. The second kappa shape index (κ2) is 4.20. The van der Waals surface area contributed by atoms with Crippen LogP contribution in [0.5, 0.6) is 0 Å². The number of para-hydroxylation sites is 1. The van der Waals surface area contributed by atoms with E-state index in [1.807, 2.05) is 13.0 Å². The summed E-state index contributed by atoms with van der Waals surface area (Å²) in [7, 11) is 0. The first-order valence-corrected chi connectivity index (χ1v) is 5.71. The van der Waals surface area contributed by atoms with Crippen LogP contribution in [0.1, 0.15) is 19.8 Å². The molecule has 0 aliphatic heterocycles. The Bertz CT molecular complexity index is 443. The number of benzene rings is 1. The van der Waals surface area contributed by atoms with Crippen LogP contribution in [0.2, 0.25) is 0 Å². The summed E-state index contributed by atoms with van der Waals surface area (Å²) in [5.41, 5.74) is -0.565. The predicted octanol–water partition coefficient (Wildman–Crippen LogP) is 2.13. The number of hydrogen-bond donors (Lipinski definition) is 2. The molecule has 1 aromatic carbocycles. The zero-order chi connectivity index (χ0) is 12.5. The lowest BCUT2D eigenvalue weighted by Gasteiger charge is -2.12. The van der Waals surface area contributed by atoms with E-state index in [4.69, 9.17) is 0 Å². The molecule has 1 aliphatic rings. The molecule has 4 nitrogen and oxygen atoms in total. The average molecular weight is 233 g/mol. The maximum atomic E-state index is 12.0. The van der Waals surface area contributed by atoms with Gasteiger partial charge in [-0.3, -0.25) is 9.59 Å². The number of amides is 1. The van der Waals surface area contributed by atoms with E-state index < -0.39 is 17.3 Å². The highest BCUT2D eigenvalue weighted by atomic mass is 16.4. The summed E-state index contributed by atoms with van der Waals surface area (Å²) in [5, 5.41) is 11.9. The van der Waals surface area contributed by atoms with Crippen LogP contribution in [0.15, 0.2) is 30.3 Å². The fraction of sp³-hybridized carbons (Fsp3) is 0.385. The first-order chi connectivity index (χ1) is 8.11. The van der Waals surface area contributed by atoms with Crippen molar-refractivity contribution in [1.29, 1.82) is 0 Å². The summed E-state index contributed by atoms with van der Waals surface area (Å²) in [6, 6.07) is 8.93. The molecule has 4 heteroatoms. The molecule has 2 unspecified atom stereocenters. The first-order valence-electron chi connectivity index (χ1n) is 5.71. The van der Waals surface area contributed by atoms with Crippen molar-refractivity contribution in [3.63, 3.8) is 0 Å². The van der Waals surface area contributed by atoms with Gasteiger partial charge in [-0.25, -0.2) is 0 Å². The Morgan fingerprint density at radius 3 is 2.53 bits per heavy atom. The molecule has 2 N–H and O–H groups in total. The van der Waals surface area contributed by atoms with E-state index in [1.54, 1.807) is 24.3 Å². The van der Waals surface area contributed by atoms with Crippen LogP contribution in [0.3, 0.4) is 0 Å². The first kappa shape index (κ1) is 11.6. The molecule has 1 fully saturated rings. The van der Waals surface area contributed by atoms with E-state index in [9.17, 15) is 14.7 Å². The molecule has 0 spiro atoms. The van der Waals surface area contributed by atoms with E-state index >= 15 is 0 Å². The van der Waals surface area contributed by atoms with Crippen LogP contribution in [-0.4, -0.2) is 17.0 Å². The maximum absolute atomic E-state index is 12.0. The number of aliphatic carboxylic acids is 1. The van der Waals surface area contributed by atoms with Gasteiger partial charge in [0.15, 0.2) is 0 Å². The molecule has 17 heavy (non-hydrogen) atoms. The number of rotatable bonds is 4. The van der Waals surface area contributed by atoms with E-state index in [0.29, 0.717) is 18.5 Å². The van der Waals surface area contributed by atoms with Gasteiger partial charge in [0.2, 0.25) is 5.91 Å². The molecular weight excluding hydrogens is 218 g/mol. The van der Waals surface area contributed by atoms with Crippen LogP contribution < -0.4 is 5.32 Å². The quantitative estimate of drug-likeness (QED) is 0.783. The van der Waals surface area contributed by atoms with Gasteiger partial charge in [0.25, 0.3) is 0 Å². The van der Waals surface area contributed by atoms with Crippen LogP contribution in [0.4, 0.5) is 5.69 Å². The number of carbonyl (C=O) groups excluding carboxylic acids is 1. The third-order valence-electron chi connectivity index (χ3n) is 3.42. The molecule has 0 radical (unpaired) electrons. The van der Waals surface area contributed by atoms with Gasteiger partial charge < -0.3 is 10.4 Å². The average Bonchev–Trinajstić information content (AvgIpc) is 3.06. The van der Waals surface area contributed by atoms with E-state index in [0.717, 1.165) is 0 Å². The van der Waals surface area contributed by atoms with Crippen molar-refractivity contribution in [2.75, 3.05) is 5.32 Å². The van der Waals surface area contributed by atoms with E-state index in [1.165, 1.54) is 0 Å². The molecule has 2 atom stereocenters. The number of carboxylic acid groups (broad SMARTS) is 1. The smallest absolute Gasteiger partial charge is 0.319 e. The highest BCUT2D eigenvalue weighted by Crippen LogP contribution is 2.55. The highest BCUT2D eigenvalue weighted by molar-refractivity contribution is 6.11. The Balaban J connectivity index is 2.13. The van der Waals surface area contributed by atoms with Crippen molar-refractivity contribution in [3.05, 3.63) is 30.3 Å². The minimum absolute atomic E-state index is 0.0382. The van der Waals surface area contributed by atoms with Gasteiger partial charge in [-0.1, -0.05) is 31.5 Å². The zero-order valence-electron chi connectivity index (χ0n) is 9.64. The van der Waals surface area contributed by atoms with Crippen molar-refractivity contribution < 1.29 is 14.7 Å². The van der Waals surface area contributed by atoms with Gasteiger partial charge in [-0.2, -0.15) is 0 Å². The van der Waals surface area contributed by atoms with Crippen LogP contribution >= 0.6 is 0 Å². The van der Waals surface area contributed by atoms with Crippen molar-refractivity contribution in [1.82, 2.24) is 0 Å². The van der Waals surface area contributed by atoms with Gasteiger partial charge in [0.1, 0.15) is 5.41 Å². The Labute approximate surface area is 99.6 Å². The molecular formula is C13H15NO3. The zero-order valence-corrected chi connectivity index (χ0v) is 9.64. The monoisotopic (exact) mass is 233 g/mol. The third-order valence-corrected chi connectivity index (χ3v) is 3.42. The maximum Gasteiger partial charge on any atom is 0.319 e. The molecule has 1 aliphatic carbocycles. The minimum atomic E-state index is -1.20. The van der Waals surface area contributed by atoms with Crippen LogP contribution in [0.25, 0.3) is 0 Å². The predicted molar refractivity (Wildman–Crippen MR) is 63.5 cm³/mol. The lowest BCUT2D eigenvalue weighted by atomic mass is 10.0. The number of carboxylic acids is 1. The Morgan fingerprint density at radius 1 is 1.41 bits per heavy atom. The molecule has 0 bridgehead atoms. The van der Waals surface area contributed by atoms with E-state index in [2.05, 4.69) is 5.32 Å².